The van der Waals surface area contributed by atoms with Crippen LogP contribution in [0.4, 0.5) is 10.2 Å². The number of rotatable bonds is 13. The van der Waals surface area contributed by atoms with E-state index in [1.165, 1.54) is 22.3 Å². The van der Waals surface area contributed by atoms with Crippen LogP contribution in [0.15, 0.2) is 64.6 Å². The van der Waals surface area contributed by atoms with Gasteiger partial charge in [-0.3, -0.25) is 19.2 Å². The minimum absolute atomic E-state index is 0.0304. The van der Waals surface area contributed by atoms with Gasteiger partial charge in [0, 0.05) is 49.8 Å². The van der Waals surface area contributed by atoms with Crippen LogP contribution in [-0.4, -0.2) is 107 Å². The van der Waals surface area contributed by atoms with Crippen LogP contribution >= 0.6 is 11.3 Å². The highest BCUT2D eigenvalue weighted by molar-refractivity contribution is 7.13. The van der Waals surface area contributed by atoms with Crippen molar-refractivity contribution in [1.29, 1.82) is 0 Å². The molecule has 5 N–H and O–H groups in total. The molecule has 6 aromatic rings. The van der Waals surface area contributed by atoms with E-state index in [4.69, 9.17) is 15.0 Å². The number of aliphatic hydroxyl groups excluding tert-OH is 1. The third-order valence-corrected chi connectivity index (χ3v) is 12.6. The number of nitrogens with two attached hydrogens (primary N) is 1. The number of aliphatic hydroxyl groups is 1. The van der Waals surface area contributed by atoms with Gasteiger partial charge in [0.05, 0.1) is 45.5 Å². The van der Waals surface area contributed by atoms with Crippen molar-refractivity contribution in [2.24, 2.45) is 5.92 Å². The number of phenols is 1. The van der Waals surface area contributed by atoms with E-state index in [0.29, 0.717) is 52.6 Å². The number of para-hydroxylation sites is 1. The number of aromatic hydroxyl groups is 1. The molecule has 320 valence electrons. The van der Waals surface area contributed by atoms with Crippen LogP contribution in [0.3, 0.4) is 0 Å². The van der Waals surface area contributed by atoms with Gasteiger partial charge in [0.15, 0.2) is 17.1 Å². The first-order chi connectivity index (χ1) is 29.4. The van der Waals surface area contributed by atoms with Crippen molar-refractivity contribution >= 4 is 40.0 Å². The molecule has 18 heteroatoms. The zero-order chi connectivity index (χ0) is 42.9. The van der Waals surface area contributed by atoms with Crippen molar-refractivity contribution in [3.05, 3.63) is 82.9 Å². The van der Waals surface area contributed by atoms with Gasteiger partial charge < -0.3 is 35.4 Å². The van der Waals surface area contributed by atoms with E-state index >= 15 is 4.39 Å². The summed E-state index contributed by atoms with van der Waals surface area (Å²) in [6, 6.07) is 13.8. The first-order valence-corrected chi connectivity index (χ1v) is 21.3. The van der Waals surface area contributed by atoms with Crippen molar-refractivity contribution in [3.8, 4) is 33.3 Å². The van der Waals surface area contributed by atoms with Gasteiger partial charge in [-0.05, 0) is 67.6 Å². The maximum absolute atomic E-state index is 15.3. The van der Waals surface area contributed by atoms with Gasteiger partial charge in [0.1, 0.15) is 30.1 Å². The largest absolute Gasteiger partial charge is 0.507 e. The van der Waals surface area contributed by atoms with Crippen LogP contribution in [0.1, 0.15) is 75.1 Å². The number of nitrogen functional groups attached to an aromatic ring is 1. The summed E-state index contributed by atoms with van der Waals surface area (Å²) < 4.78 is 28.9. The summed E-state index contributed by atoms with van der Waals surface area (Å²) in [5, 5.41) is 41.2. The Bertz CT molecular complexity index is 2530. The number of carbonyl (C=O) groups is 2. The van der Waals surface area contributed by atoms with Crippen molar-refractivity contribution in [2.75, 3.05) is 38.5 Å². The number of ether oxygens (including phenoxy) is 1. The number of thiazole rings is 1. The lowest BCUT2D eigenvalue weighted by Crippen LogP contribution is -2.48. The summed E-state index contributed by atoms with van der Waals surface area (Å²) in [5.41, 5.74) is 12.2. The molecular formula is C43H49FN10O6S. The summed E-state index contributed by atoms with van der Waals surface area (Å²) in [7, 11) is 0. The predicted molar refractivity (Wildman–Crippen MR) is 226 cm³/mol. The smallest absolute Gasteiger partial charge is 0.254 e. The molecule has 6 heterocycles. The minimum atomic E-state index is -0.963. The molecule has 0 radical (unpaired) electrons. The lowest BCUT2D eigenvalue weighted by Gasteiger charge is -2.32. The summed E-state index contributed by atoms with van der Waals surface area (Å²) in [5.74, 6) is -1.40. The van der Waals surface area contributed by atoms with Crippen molar-refractivity contribution in [1.82, 2.24) is 45.2 Å². The van der Waals surface area contributed by atoms with Crippen molar-refractivity contribution in [3.63, 3.8) is 0 Å². The van der Waals surface area contributed by atoms with Crippen molar-refractivity contribution in [2.45, 2.75) is 77.1 Å². The topological polar surface area (TPSA) is 211 Å². The van der Waals surface area contributed by atoms with E-state index in [1.54, 1.807) is 48.8 Å². The number of piperidine rings is 1. The molecule has 2 fully saturated rings. The Morgan fingerprint density at radius 1 is 1.10 bits per heavy atom. The fourth-order valence-electron chi connectivity index (χ4n) is 8.42. The molecule has 61 heavy (non-hydrogen) atoms. The van der Waals surface area contributed by atoms with Crippen LogP contribution in [0.25, 0.3) is 32.7 Å². The number of phenolic OH excluding ortho intramolecular Hbond substituents is 1. The molecule has 16 nitrogen and oxygen atoms in total. The Morgan fingerprint density at radius 3 is 2.61 bits per heavy atom. The standard InChI is InChI=1S/C43H49FN10O6S/c1-23(2)38(43(58)53-21-28(55)18-34(53)42(57)47-24(3)29-10-9-26(17-31(29)44)40-25(4)46-22-61-40)36-20-37(51-60-36)59-16-15-52-13-11-27(12-14-52)54-33-19-32(30-7-5-6-8-35(30)56)48-49-39(33)41(45)50-54/h5-10,17,19-20,22-24,27-28,34,38,55-56H,11-16,18,21H2,1-4H3,(H2,45,50)(H,47,57)/t24?,28-,34+,38?/m1/s1. The van der Waals surface area contributed by atoms with Crippen LogP contribution in [0.5, 0.6) is 11.6 Å². The number of hydrogen-bond acceptors (Lipinski definition) is 14. The van der Waals surface area contributed by atoms with Gasteiger partial charge in [0.25, 0.3) is 5.88 Å². The summed E-state index contributed by atoms with van der Waals surface area (Å²) in [4.78, 5) is 36.6. The summed E-state index contributed by atoms with van der Waals surface area (Å²) >= 11 is 1.43. The van der Waals surface area contributed by atoms with Gasteiger partial charge in [-0.25, -0.2) is 9.37 Å². The molecule has 4 atom stereocenters. The maximum atomic E-state index is 15.3. The molecule has 4 aromatic heterocycles. The Hall–Kier alpha value is -5.98. The first-order valence-electron chi connectivity index (χ1n) is 20.5. The van der Waals surface area contributed by atoms with E-state index in [0.717, 1.165) is 42.0 Å². The van der Waals surface area contributed by atoms with Crippen LogP contribution in [0, 0.1) is 18.7 Å². The van der Waals surface area contributed by atoms with E-state index in [1.807, 2.05) is 37.6 Å². The summed E-state index contributed by atoms with van der Waals surface area (Å²) in [6.45, 7) is 9.82. The van der Waals surface area contributed by atoms with Crippen molar-refractivity contribution < 1.29 is 33.5 Å². The lowest BCUT2D eigenvalue weighted by molar-refractivity contribution is -0.141. The van der Waals surface area contributed by atoms with Crippen LogP contribution < -0.4 is 15.8 Å². The van der Waals surface area contributed by atoms with E-state index in [9.17, 15) is 19.8 Å². The number of anilines is 1. The Morgan fingerprint density at radius 2 is 1.89 bits per heavy atom. The molecular weight excluding hydrogens is 804 g/mol. The Balaban J connectivity index is 0.856. The SMILES string of the molecule is Cc1ncsc1-c1ccc(C(C)NC(=O)[C@@H]2C[C@@H](O)CN2C(=O)C(c2cc(OCCN3CCC(n4nc(N)c5nnc(-c6ccccc6O)cc54)CC3)no2)C(C)C)c(F)c1. The number of carbonyl (C=O) groups excluding carboxylic acids is 2. The number of amides is 2. The number of halogens is 1. The fraction of sp³-hybridized carbons (Fsp3) is 0.419. The highest BCUT2D eigenvalue weighted by Crippen LogP contribution is 2.35. The molecule has 0 saturated carbocycles. The number of nitrogens with zero attached hydrogens (tertiary/aromatic N) is 8. The highest BCUT2D eigenvalue weighted by atomic mass is 32.1. The summed E-state index contributed by atoms with van der Waals surface area (Å²) in [6.07, 6.45) is 0.773. The number of nitrogens with one attached hydrogen (secondary N) is 1. The van der Waals surface area contributed by atoms with Crippen LogP contribution in [0.2, 0.25) is 0 Å². The van der Waals surface area contributed by atoms with Gasteiger partial charge >= 0.3 is 0 Å². The third-order valence-electron chi connectivity index (χ3n) is 11.7. The molecule has 8 rings (SSSR count). The molecule has 0 aliphatic carbocycles. The zero-order valence-corrected chi connectivity index (χ0v) is 35.2. The van der Waals surface area contributed by atoms with Gasteiger partial charge in [0.2, 0.25) is 11.8 Å². The number of fused-ring (bicyclic) bond motifs is 1. The molecule has 0 spiro atoms. The van der Waals surface area contributed by atoms with E-state index < -0.39 is 35.8 Å². The van der Waals surface area contributed by atoms with Gasteiger partial charge in [-0.15, -0.1) is 21.5 Å². The number of aromatic nitrogens is 6. The minimum Gasteiger partial charge on any atom is -0.507 e. The quantitative estimate of drug-likeness (QED) is 0.111. The van der Waals surface area contributed by atoms with Gasteiger partial charge in [-0.1, -0.05) is 38.1 Å². The third kappa shape index (κ3) is 8.65. The second kappa shape index (κ2) is 17.6. The number of likely N-dealkylation sites (tertiary alicyclic amines) is 2. The number of hydrogen-bond donors (Lipinski definition) is 4. The monoisotopic (exact) mass is 852 g/mol. The zero-order valence-electron chi connectivity index (χ0n) is 34.4. The Labute approximate surface area is 355 Å². The van der Waals surface area contributed by atoms with E-state index in [-0.39, 0.29) is 42.5 Å². The lowest BCUT2D eigenvalue weighted by atomic mass is 9.91. The number of β-amino-alcohol motifs (C(OH)–C–C–N with tert-alkyl or cyclic N) is 1. The number of benzene rings is 2. The molecule has 2 saturated heterocycles. The molecule has 2 aromatic carbocycles. The normalized spacial score (nSPS) is 18.5. The second-order valence-electron chi connectivity index (χ2n) is 16.2. The maximum Gasteiger partial charge on any atom is 0.254 e. The molecule has 2 aliphatic heterocycles. The molecule has 0 bridgehead atoms. The molecule has 2 amide bonds. The predicted octanol–water partition coefficient (Wildman–Crippen LogP) is 5.63. The van der Waals surface area contributed by atoms with Gasteiger partial charge in [-0.2, -0.15) is 5.10 Å². The second-order valence-corrected chi connectivity index (χ2v) is 17.0. The number of aryl methyl sites for hydroxylation is 1. The molecule has 2 aliphatic rings. The fourth-order valence-corrected chi connectivity index (χ4v) is 9.22. The van der Waals surface area contributed by atoms with Crippen LogP contribution in [-0.2, 0) is 9.59 Å². The first kappa shape index (κ1) is 41.7. The average Bonchev–Trinajstić information content (AvgIpc) is 4.05. The molecule has 2 unspecified atom stereocenters. The average molecular weight is 853 g/mol. The Kier molecular flexibility index (Phi) is 12.0. The highest BCUT2D eigenvalue weighted by Gasteiger charge is 2.43. The van der Waals surface area contributed by atoms with E-state index in [2.05, 4.69) is 35.7 Å².